The quantitative estimate of drug-likeness (QED) is 0.812. The highest BCUT2D eigenvalue weighted by Gasteiger charge is 2.19. The van der Waals surface area contributed by atoms with Crippen molar-refractivity contribution in [2.45, 2.75) is 32.9 Å². The number of hydrogen-bond acceptors (Lipinski definition) is 3. The highest BCUT2D eigenvalue weighted by molar-refractivity contribution is 5.31. The van der Waals surface area contributed by atoms with Crippen molar-refractivity contribution in [2.75, 3.05) is 20.3 Å². The largest absolute Gasteiger partial charge is 0.494 e. The van der Waals surface area contributed by atoms with Crippen LogP contribution < -0.4 is 10.1 Å². The molecule has 0 aromatic heterocycles. The maximum absolute atomic E-state index is 13.7. The second-order valence-corrected chi connectivity index (χ2v) is 4.09. The lowest BCUT2D eigenvalue weighted by atomic mass is 10.0. The lowest BCUT2D eigenvalue weighted by Crippen LogP contribution is -2.32. The van der Waals surface area contributed by atoms with Crippen LogP contribution >= 0.6 is 0 Å². The predicted molar refractivity (Wildman–Crippen MR) is 70.5 cm³/mol. The van der Waals surface area contributed by atoms with Gasteiger partial charge in [0.1, 0.15) is 0 Å². The van der Waals surface area contributed by atoms with E-state index in [0.717, 1.165) is 12.1 Å². The molecule has 0 radical (unpaired) electrons. The first-order valence-electron chi connectivity index (χ1n) is 6.32. The van der Waals surface area contributed by atoms with E-state index in [2.05, 4.69) is 5.32 Å². The molecule has 1 rings (SSSR count). The van der Waals surface area contributed by atoms with Crippen molar-refractivity contribution in [2.24, 2.45) is 0 Å². The van der Waals surface area contributed by atoms with Crippen molar-refractivity contribution in [1.82, 2.24) is 5.32 Å². The first kappa shape index (κ1) is 14.9. The molecule has 2 atom stereocenters. The summed E-state index contributed by atoms with van der Waals surface area (Å²) in [7, 11) is 1.46. The van der Waals surface area contributed by atoms with Gasteiger partial charge in [0.2, 0.25) is 0 Å². The van der Waals surface area contributed by atoms with E-state index in [0.29, 0.717) is 6.61 Å². The van der Waals surface area contributed by atoms with Gasteiger partial charge in [-0.2, -0.15) is 0 Å². The first-order valence-corrected chi connectivity index (χ1v) is 6.32. The molecule has 3 nitrogen and oxygen atoms in total. The van der Waals surface area contributed by atoms with E-state index in [1.54, 1.807) is 6.07 Å². The van der Waals surface area contributed by atoms with Crippen LogP contribution in [0.5, 0.6) is 5.75 Å². The van der Waals surface area contributed by atoms with E-state index in [1.165, 1.54) is 13.2 Å². The number of ether oxygens (including phenoxy) is 2. The minimum atomic E-state index is -0.346. The van der Waals surface area contributed by atoms with Gasteiger partial charge in [0, 0.05) is 6.61 Å². The van der Waals surface area contributed by atoms with E-state index in [4.69, 9.17) is 9.47 Å². The minimum absolute atomic E-state index is 0.0113. The fraction of sp³-hybridized carbons (Fsp3) is 0.571. The molecule has 0 heterocycles. The summed E-state index contributed by atoms with van der Waals surface area (Å²) >= 11 is 0. The Balaban J connectivity index is 2.94. The van der Waals surface area contributed by atoms with E-state index in [-0.39, 0.29) is 23.7 Å². The summed E-state index contributed by atoms with van der Waals surface area (Å²) in [6.07, 6.45) is -0.0113. The van der Waals surface area contributed by atoms with Crippen molar-refractivity contribution in [3.63, 3.8) is 0 Å². The number of halogens is 1. The molecular formula is C14H22FNO2. The number of methoxy groups -OCH3 is 1. The van der Waals surface area contributed by atoms with Gasteiger partial charge in [0.05, 0.1) is 19.3 Å². The van der Waals surface area contributed by atoms with Crippen LogP contribution in [0.3, 0.4) is 0 Å². The molecule has 1 N–H and O–H groups in total. The summed E-state index contributed by atoms with van der Waals surface area (Å²) < 4.78 is 24.2. The van der Waals surface area contributed by atoms with Gasteiger partial charge in [0.25, 0.3) is 0 Å². The third-order valence-electron chi connectivity index (χ3n) is 2.86. The summed E-state index contributed by atoms with van der Waals surface area (Å²) in [6.45, 7) is 7.40. The second kappa shape index (κ2) is 7.34. The third-order valence-corrected chi connectivity index (χ3v) is 2.86. The highest BCUT2D eigenvalue weighted by atomic mass is 19.1. The second-order valence-electron chi connectivity index (χ2n) is 4.09. The van der Waals surface area contributed by atoms with E-state index < -0.39 is 0 Å². The molecule has 0 spiro atoms. The Labute approximate surface area is 108 Å². The molecule has 2 unspecified atom stereocenters. The Morgan fingerprint density at radius 2 is 2.06 bits per heavy atom. The van der Waals surface area contributed by atoms with Crippen molar-refractivity contribution >= 4 is 0 Å². The van der Waals surface area contributed by atoms with Crippen LogP contribution in [0.1, 0.15) is 32.4 Å². The molecule has 0 saturated carbocycles. The van der Waals surface area contributed by atoms with Gasteiger partial charge in [-0.1, -0.05) is 13.0 Å². The van der Waals surface area contributed by atoms with Gasteiger partial charge in [-0.25, -0.2) is 4.39 Å². The highest BCUT2D eigenvalue weighted by Crippen LogP contribution is 2.24. The maximum Gasteiger partial charge on any atom is 0.165 e. The number of benzene rings is 1. The molecule has 4 heteroatoms. The van der Waals surface area contributed by atoms with E-state index in [1.807, 2.05) is 26.8 Å². The summed E-state index contributed by atoms with van der Waals surface area (Å²) in [5.74, 6) is -0.0836. The summed E-state index contributed by atoms with van der Waals surface area (Å²) in [5, 5.41) is 3.32. The zero-order chi connectivity index (χ0) is 13.5. The third kappa shape index (κ3) is 3.68. The Hall–Kier alpha value is -1.13. The fourth-order valence-corrected chi connectivity index (χ4v) is 2.01. The van der Waals surface area contributed by atoms with Crippen LogP contribution in [0.25, 0.3) is 0 Å². The van der Waals surface area contributed by atoms with Gasteiger partial charge in [0.15, 0.2) is 11.6 Å². The minimum Gasteiger partial charge on any atom is -0.494 e. The maximum atomic E-state index is 13.7. The number of nitrogens with one attached hydrogen (secondary N) is 1. The SMILES string of the molecule is CCNC(c1ccc(OC)c(F)c1)C(C)OCC. The van der Waals surface area contributed by atoms with Crippen LogP contribution in [0.15, 0.2) is 18.2 Å². The molecule has 0 aliphatic carbocycles. The first-order chi connectivity index (χ1) is 8.63. The molecule has 0 saturated heterocycles. The smallest absolute Gasteiger partial charge is 0.165 e. The lowest BCUT2D eigenvalue weighted by Gasteiger charge is -2.25. The number of likely N-dealkylation sites (N-methyl/N-ethyl adjacent to an activating group) is 1. The molecular weight excluding hydrogens is 233 g/mol. The fourth-order valence-electron chi connectivity index (χ4n) is 2.01. The molecule has 1 aromatic carbocycles. The molecule has 0 bridgehead atoms. The molecule has 0 fully saturated rings. The van der Waals surface area contributed by atoms with Crippen LogP contribution in [0, 0.1) is 5.82 Å². The average molecular weight is 255 g/mol. The Morgan fingerprint density at radius 1 is 1.33 bits per heavy atom. The Kier molecular flexibility index (Phi) is 6.09. The molecule has 1 aromatic rings. The molecule has 18 heavy (non-hydrogen) atoms. The van der Waals surface area contributed by atoms with Gasteiger partial charge in [-0.3, -0.25) is 0 Å². The van der Waals surface area contributed by atoms with Crippen molar-refractivity contribution in [1.29, 1.82) is 0 Å². The standard InChI is InChI=1S/C14H22FNO2/c1-5-16-14(10(3)18-6-2)11-7-8-13(17-4)12(15)9-11/h7-10,14,16H,5-6H2,1-4H3. The van der Waals surface area contributed by atoms with Crippen molar-refractivity contribution in [3.8, 4) is 5.75 Å². The number of rotatable bonds is 7. The zero-order valence-electron chi connectivity index (χ0n) is 11.5. The zero-order valence-corrected chi connectivity index (χ0v) is 11.5. The molecule has 0 amide bonds. The van der Waals surface area contributed by atoms with Crippen LogP contribution in [0.4, 0.5) is 4.39 Å². The normalized spacial score (nSPS) is 14.3. The van der Waals surface area contributed by atoms with Crippen molar-refractivity contribution < 1.29 is 13.9 Å². The van der Waals surface area contributed by atoms with E-state index in [9.17, 15) is 4.39 Å². The van der Waals surface area contributed by atoms with Crippen LogP contribution in [-0.2, 0) is 4.74 Å². The van der Waals surface area contributed by atoms with Crippen LogP contribution in [-0.4, -0.2) is 26.4 Å². The van der Waals surface area contributed by atoms with Gasteiger partial charge >= 0.3 is 0 Å². The van der Waals surface area contributed by atoms with Crippen LogP contribution in [0.2, 0.25) is 0 Å². The molecule has 0 aliphatic heterocycles. The average Bonchev–Trinajstić information content (AvgIpc) is 2.36. The summed E-state index contributed by atoms with van der Waals surface area (Å²) in [4.78, 5) is 0. The topological polar surface area (TPSA) is 30.5 Å². The van der Waals surface area contributed by atoms with Gasteiger partial charge < -0.3 is 14.8 Å². The Bertz CT molecular complexity index is 371. The van der Waals surface area contributed by atoms with Gasteiger partial charge in [-0.15, -0.1) is 0 Å². The number of hydrogen-bond donors (Lipinski definition) is 1. The predicted octanol–water partition coefficient (Wildman–Crippen LogP) is 2.91. The van der Waals surface area contributed by atoms with Crippen molar-refractivity contribution in [3.05, 3.63) is 29.6 Å². The summed E-state index contributed by atoms with van der Waals surface area (Å²) in [5.41, 5.74) is 0.871. The molecule has 102 valence electrons. The molecule has 0 aliphatic rings. The van der Waals surface area contributed by atoms with Gasteiger partial charge in [-0.05, 0) is 38.1 Å². The Morgan fingerprint density at radius 3 is 2.56 bits per heavy atom. The lowest BCUT2D eigenvalue weighted by molar-refractivity contribution is 0.0476. The van der Waals surface area contributed by atoms with E-state index >= 15 is 0 Å². The summed E-state index contributed by atoms with van der Waals surface area (Å²) in [6, 6.07) is 5.00. The monoisotopic (exact) mass is 255 g/mol.